The van der Waals surface area contributed by atoms with E-state index in [0.29, 0.717) is 0 Å². The van der Waals surface area contributed by atoms with Crippen LogP contribution in [0.4, 0.5) is 0 Å². The minimum Gasteiger partial charge on any atom is -1.00 e. The number of carboxylic acid groups (broad SMARTS) is 2. The largest absolute Gasteiger partial charge is 1.00 e. The summed E-state index contributed by atoms with van der Waals surface area (Å²) in [5.41, 5.74) is -2.99. The second kappa shape index (κ2) is 7.19. The molecule has 0 aliphatic heterocycles. The van der Waals surface area contributed by atoms with E-state index in [1.54, 1.807) is 0 Å². The van der Waals surface area contributed by atoms with E-state index in [0.717, 1.165) is 0 Å². The predicted molar refractivity (Wildman–Crippen MR) is 48.7 cm³/mol. The first kappa shape index (κ1) is 19.9. The van der Waals surface area contributed by atoms with E-state index in [1.807, 2.05) is 0 Å². The van der Waals surface area contributed by atoms with Crippen LogP contribution in [0.5, 0.6) is 0 Å². The number of phosphoric acid groups is 1. The van der Waals surface area contributed by atoms with Crippen molar-refractivity contribution < 1.29 is 79.6 Å². The average molecular weight is 296 g/mol. The summed E-state index contributed by atoms with van der Waals surface area (Å²) in [6.45, 7) is 0. The molecule has 0 aliphatic rings. The summed E-state index contributed by atoms with van der Waals surface area (Å²) in [4.78, 5) is 48.1. The molecule has 12 heteroatoms. The van der Waals surface area contributed by atoms with Crippen molar-refractivity contribution in [1.82, 2.24) is 0 Å². The topological polar surface area (TPSA) is 179 Å². The molecule has 0 amide bonds. The molecule has 5 N–H and O–H groups in total. The maximum Gasteiger partial charge on any atom is 1.00 e. The van der Waals surface area contributed by atoms with Crippen molar-refractivity contribution in [3.8, 4) is 0 Å². The van der Waals surface area contributed by atoms with Crippen molar-refractivity contribution in [3.63, 3.8) is 0 Å². The molecule has 0 spiro atoms. The first-order valence-electron chi connectivity index (χ1n) is 3.92. The minimum absolute atomic E-state index is 0. The molecular formula is C6H10NaO10P. The molecule has 0 fully saturated rings. The van der Waals surface area contributed by atoms with Gasteiger partial charge in [-0.3, -0.25) is 19.4 Å². The van der Waals surface area contributed by atoms with Crippen molar-refractivity contribution in [2.75, 3.05) is 0 Å². The van der Waals surface area contributed by atoms with Gasteiger partial charge >= 0.3 is 55.3 Å². The molecular weight excluding hydrogens is 286 g/mol. The summed E-state index contributed by atoms with van der Waals surface area (Å²) < 4.78 is 13.7. The summed E-state index contributed by atoms with van der Waals surface area (Å²) in [6, 6.07) is 0. The fourth-order valence-electron chi connectivity index (χ4n) is 0.868. The van der Waals surface area contributed by atoms with Gasteiger partial charge in [-0.05, 0) is 0 Å². The average Bonchev–Trinajstić information content (AvgIpc) is 1.96. The number of aliphatic carboxylic acids is 2. The third kappa shape index (κ3) is 7.77. The molecule has 1 atom stereocenters. The van der Waals surface area contributed by atoms with Gasteiger partial charge in [0.2, 0.25) is 0 Å². The van der Waals surface area contributed by atoms with E-state index in [-0.39, 0.29) is 31.0 Å². The molecule has 18 heavy (non-hydrogen) atoms. The van der Waals surface area contributed by atoms with Crippen LogP contribution in [-0.2, 0) is 23.5 Å². The van der Waals surface area contributed by atoms with Crippen molar-refractivity contribution in [3.05, 3.63) is 0 Å². The molecule has 0 bridgehead atoms. The number of rotatable bonds is 6. The Morgan fingerprint density at radius 1 is 1.17 bits per heavy atom. The van der Waals surface area contributed by atoms with Crippen LogP contribution < -0.4 is 29.6 Å². The first-order valence-corrected chi connectivity index (χ1v) is 5.45. The Kier molecular flexibility index (Phi) is 7.93. The van der Waals surface area contributed by atoms with Crippen LogP contribution in [0.2, 0.25) is 0 Å². The summed E-state index contributed by atoms with van der Waals surface area (Å²) in [5.74, 6) is -5.47. The Labute approximate surface area is 124 Å². The van der Waals surface area contributed by atoms with Gasteiger partial charge in [0.15, 0.2) is 5.60 Å². The van der Waals surface area contributed by atoms with Gasteiger partial charge in [0.25, 0.3) is 0 Å². The zero-order chi connectivity index (χ0) is 13.9. The third-order valence-electron chi connectivity index (χ3n) is 1.50. The number of phosphoric ester groups is 1. The van der Waals surface area contributed by atoms with Crippen molar-refractivity contribution in [2.24, 2.45) is 0 Å². The summed E-state index contributed by atoms with van der Waals surface area (Å²) >= 11 is 0. The predicted octanol–water partition coefficient (Wildman–Crippen LogP) is -4.58. The van der Waals surface area contributed by atoms with Gasteiger partial charge in [-0.15, -0.1) is 0 Å². The fraction of sp³-hybridized carbons (Fsp3) is 0.500. The molecule has 0 saturated heterocycles. The van der Waals surface area contributed by atoms with E-state index >= 15 is 0 Å². The monoisotopic (exact) mass is 296 g/mol. The van der Waals surface area contributed by atoms with E-state index in [4.69, 9.17) is 20.0 Å². The maximum absolute atomic E-state index is 10.8. The Balaban J connectivity index is -0.00000128. The van der Waals surface area contributed by atoms with Crippen LogP contribution in [0, 0.1) is 0 Å². The standard InChI is InChI=1S/C6H9O10P.Na.H/c7-3(8)1-6(12,5(10)11)2-4(9)16-17(13,14)15;;/h12H,1-2H2,(H,7,8)(H,10,11)(H2,13,14,15);;/q;+1;-1. The van der Waals surface area contributed by atoms with E-state index in [9.17, 15) is 24.1 Å². The van der Waals surface area contributed by atoms with Crippen LogP contribution in [0.3, 0.4) is 0 Å². The Hall–Kier alpha value is -0.480. The van der Waals surface area contributed by atoms with Crippen LogP contribution in [-0.4, -0.2) is 48.6 Å². The number of aliphatic hydroxyl groups is 1. The Bertz CT molecular complexity index is 393. The Morgan fingerprint density at radius 2 is 1.61 bits per heavy atom. The van der Waals surface area contributed by atoms with Crippen LogP contribution >= 0.6 is 7.82 Å². The van der Waals surface area contributed by atoms with Gasteiger partial charge in [-0.25, -0.2) is 9.36 Å². The van der Waals surface area contributed by atoms with Gasteiger partial charge in [-0.2, -0.15) is 0 Å². The molecule has 0 rings (SSSR count). The number of carbonyl (C=O) groups excluding carboxylic acids is 1. The van der Waals surface area contributed by atoms with Crippen LogP contribution in [0.15, 0.2) is 0 Å². The fourth-order valence-corrected chi connectivity index (χ4v) is 1.20. The molecule has 0 saturated carbocycles. The molecule has 10 nitrogen and oxygen atoms in total. The third-order valence-corrected chi connectivity index (χ3v) is 1.94. The van der Waals surface area contributed by atoms with Gasteiger partial charge in [0.05, 0.1) is 12.8 Å². The number of hydrogen-bond donors (Lipinski definition) is 5. The van der Waals surface area contributed by atoms with E-state index in [1.165, 1.54) is 0 Å². The van der Waals surface area contributed by atoms with E-state index in [2.05, 4.69) is 4.52 Å². The van der Waals surface area contributed by atoms with Crippen molar-refractivity contribution in [2.45, 2.75) is 18.4 Å². The van der Waals surface area contributed by atoms with Crippen LogP contribution in [0.25, 0.3) is 0 Å². The van der Waals surface area contributed by atoms with Gasteiger partial charge in [0, 0.05) is 0 Å². The zero-order valence-corrected chi connectivity index (χ0v) is 12.0. The molecule has 0 aromatic carbocycles. The summed E-state index contributed by atoms with van der Waals surface area (Å²) in [7, 11) is -5.17. The molecule has 0 aliphatic carbocycles. The molecule has 0 heterocycles. The van der Waals surface area contributed by atoms with Gasteiger partial charge in [0.1, 0.15) is 0 Å². The van der Waals surface area contributed by atoms with Crippen molar-refractivity contribution >= 4 is 25.7 Å². The smallest absolute Gasteiger partial charge is 1.00 e. The molecule has 0 aromatic heterocycles. The maximum atomic E-state index is 10.8. The zero-order valence-electron chi connectivity index (χ0n) is 10.1. The molecule has 0 radical (unpaired) electrons. The van der Waals surface area contributed by atoms with Gasteiger partial charge < -0.3 is 21.3 Å². The van der Waals surface area contributed by atoms with Gasteiger partial charge in [-0.1, -0.05) is 0 Å². The van der Waals surface area contributed by atoms with E-state index < -0.39 is 44.2 Å². The summed E-state index contributed by atoms with van der Waals surface area (Å²) in [6.07, 6.45) is -2.72. The second-order valence-electron chi connectivity index (χ2n) is 3.04. The number of hydrogen-bond acceptors (Lipinski definition) is 6. The quantitative estimate of drug-likeness (QED) is 0.236. The molecule has 100 valence electrons. The number of carboxylic acids is 2. The molecule has 1 unspecified atom stereocenters. The molecule has 0 aromatic rings. The first-order chi connectivity index (χ1) is 7.46. The normalized spacial score (nSPS) is 13.9. The second-order valence-corrected chi connectivity index (χ2v) is 4.20. The SMILES string of the molecule is O=C(O)CC(O)(CC(=O)OP(=O)(O)O)C(=O)O.[H-].[Na+]. The minimum atomic E-state index is -5.17. The van der Waals surface area contributed by atoms with Crippen molar-refractivity contribution in [1.29, 1.82) is 0 Å². The van der Waals surface area contributed by atoms with Crippen LogP contribution in [0.1, 0.15) is 14.3 Å². The Morgan fingerprint density at radius 3 is 1.89 bits per heavy atom. The number of carbonyl (C=O) groups is 3. The summed E-state index contributed by atoms with van der Waals surface area (Å²) in [5, 5.41) is 26.1.